The largest absolute Gasteiger partial charge is 0.135 e. The molecule has 0 nitrogen and oxygen atoms in total. The van der Waals surface area contributed by atoms with Crippen LogP contribution in [0.2, 0.25) is 0 Å². The van der Waals surface area contributed by atoms with E-state index in [2.05, 4.69) is 196 Å². The Hall–Kier alpha value is -6.54. The summed E-state index contributed by atoms with van der Waals surface area (Å²) in [7, 11) is 0. The molecule has 0 aliphatic heterocycles. The van der Waals surface area contributed by atoms with Crippen molar-refractivity contribution < 1.29 is 0 Å². The zero-order valence-electron chi connectivity index (χ0n) is 30.7. The summed E-state index contributed by atoms with van der Waals surface area (Å²) in [6.07, 6.45) is 0. The van der Waals surface area contributed by atoms with E-state index < -0.39 is 0 Å². The Morgan fingerprint density at radius 1 is 0.291 bits per heavy atom. The van der Waals surface area contributed by atoms with Gasteiger partial charge in [0.2, 0.25) is 0 Å². The molecule has 258 valence electrons. The molecule has 0 aliphatic rings. The number of aryl methyl sites for hydroxylation is 2. The first-order chi connectivity index (χ1) is 27.2. The second-order valence-electron chi connectivity index (χ2n) is 14.8. The van der Waals surface area contributed by atoms with Gasteiger partial charge >= 0.3 is 0 Å². The monoisotopic (exact) mass is 716 g/mol. The topological polar surface area (TPSA) is 0 Å². The van der Waals surface area contributed by atoms with Crippen molar-refractivity contribution in [3.05, 3.63) is 193 Å². The van der Waals surface area contributed by atoms with Crippen molar-refractivity contribution in [1.29, 1.82) is 0 Å². The first kappa shape index (κ1) is 31.9. The van der Waals surface area contributed by atoms with Crippen molar-refractivity contribution in [2.75, 3.05) is 0 Å². The third-order valence-corrected chi connectivity index (χ3v) is 12.9. The number of thiophene rings is 1. The maximum absolute atomic E-state index is 2.44. The molecule has 0 amide bonds. The van der Waals surface area contributed by atoms with Gasteiger partial charge in [0.25, 0.3) is 0 Å². The summed E-state index contributed by atoms with van der Waals surface area (Å²) >= 11 is 1.93. The summed E-state index contributed by atoms with van der Waals surface area (Å²) in [4.78, 5) is 0. The van der Waals surface area contributed by atoms with Crippen molar-refractivity contribution >= 4 is 74.6 Å². The lowest BCUT2D eigenvalue weighted by molar-refractivity contribution is 1.39. The SMILES string of the molecule is Cc1cccc(C)c1-c1c2ccccc2c(-c2cccc3c2sc2cc(-c4c5ccccc5c(-c5ccccc5)c5ccccc45)ccc23)c2ccccc12. The van der Waals surface area contributed by atoms with Crippen LogP contribution >= 0.6 is 11.3 Å². The molecule has 0 saturated heterocycles. The van der Waals surface area contributed by atoms with E-state index in [9.17, 15) is 0 Å². The van der Waals surface area contributed by atoms with Crippen LogP contribution in [-0.4, -0.2) is 0 Å². The second-order valence-corrected chi connectivity index (χ2v) is 15.9. The fourth-order valence-corrected chi connectivity index (χ4v) is 10.7. The van der Waals surface area contributed by atoms with E-state index in [0.717, 1.165) is 0 Å². The minimum atomic E-state index is 1.25. The molecule has 1 heteroatoms. The van der Waals surface area contributed by atoms with Crippen LogP contribution < -0.4 is 0 Å². The smallest absolute Gasteiger partial charge is 0.0434 e. The van der Waals surface area contributed by atoms with Gasteiger partial charge < -0.3 is 0 Å². The zero-order chi connectivity index (χ0) is 36.6. The molecular weight excluding hydrogens is 681 g/mol. The van der Waals surface area contributed by atoms with Gasteiger partial charge in [-0.05, 0) is 113 Å². The van der Waals surface area contributed by atoms with Gasteiger partial charge in [-0.15, -0.1) is 11.3 Å². The Bertz CT molecular complexity index is 3190. The second kappa shape index (κ2) is 12.5. The average molecular weight is 717 g/mol. The standard InChI is InChI=1S/C54H36S/c1-33-16-14-17-34(2)49(33)53-44-26-12-10-24-42(44)52(43-25-11-13-27-45(43)53)47-29-15-28-46-37-31-30-36(32-48(37)55-54(46)47)51-40-22-8-6-20-38(40)50(35-18-4-3-5-19-35)39-21-7-9-23-41(39)51/h3-32H,1-2H3. The van der Waals surface area contributed by atoms with Crippen LogP contribution in [0.3, 0.4) is 0 Å². The lowest BCUT2D eigenvalue weighted by Gasteiger charge is -2.20. The van der Waals surface area contributed by atoms with Crippen molar-refractivity contribution in [2.45, 2.75) is 13.8 Å². The molecule has 0 atom stereocenters. The van der Waals surface area contributed by atoms with Gasteiger partial charge in [-0.25, -0.2) is 0 Å². The summed E-state index contributed by atoms with van der Waals surface area (Å²) < 4.78 is 2.64. The number of benzene rings is 10. The number of hydrogen-bond donors (Lipinski definition) is 0. The molecule has 0 unspecified atom stereocenters. The Morgan fingerprint density at radius 2 is 0.727 bits per heavy atom. The van der Waals surface area contributed by atoms with E-state index in [1.165, 1.54) is 119 Å². The summed E-state index contributed by atoms with van der Waals surface area (Å²) in [5, 5.41) is 12.9. The molecule has 0 aliphatic carbocycles. The fourth-order valence-electron chi connectivity index (χ4n) is 9.40. The van der Waals surface area contributed by atoms with Gasteiger partial charge in [-0.2, -0.15) is 0 Å². The van der Waals surface area contributed by atoms with Crippen LogP contribution in [0.15, 0.2) is 182 Å². The predicted molar refractivity (Wildman–Crippen MR) is 241 cm³/mol. The van der Waals surface area contributed by atoms with Crippen molar-refractivity contribution in [3.8, 4) is 44.5 Å². The first-order valence-corrected chi connectivity index (χ1v) is 19.9. The molecule has 11 rings (SSSR count). The van der Waals surface area contributed by atoms with Gasteiger partial charge in [0.05, 0.1) is 0 Å². The fraction of sp³-hybridized carbons (Fsp3) is 0.0370. The van der Waals surface area contributed by atoms with E-state index >= 15 is 0 Å². The Morgan fingerprint density at radius 3 is 1.27 bits per heavy atom. The lowest BCUT2D eigenvalue weighted by Crippen LogP contribution is -1.94. The first-order valence-electron chi connectivity index (χ1n) is 19.1. The van der Waals surface area contributed by atoms with Crippen LogP contribution in [0.1, 0.15) is 11.1 Å². The van der Waals surface area contributed by atoms with E-state index in [0.29, 0.717) is 0 Å². The molecule has 10 aromatic carbocycles. The Balaban J connectivity index is 1.18. The minimum Gasteiger partial charge on any atom is -0.135 e. The van der Waals surface area contributed by atoms with Crippen LogP contribution in [0.25, 0.3) is 108 Å². The summed E-state index contributed by atoms with van der Waals surface area (Å²) in [5.74, 6) is 0. The highest BCUT2D eigenvalue weighted by atomic mass is 32.1. The normalized spacial score (nSPS) is 11.8. The number of rotatable bonds is 4. The molecule has 55 heavy (non-hydrogen) atoms. The Labute approximate surface area is 324 Å². The lowest BCUT2D eigenvalue weighted by atomic mass is 9.83. The maximum Gasteiger partial charge on any atom is 0.0434 e. The molecule has 1 aromatic heterocycles. The van der Waals surface area contributed by atoms with Gasteiger partial charge in [0.1, 0.15) is 0 Å². The third kappa shape index (κ3) is 4.83. The van der Waals surface area contributed by atoms with E-state index in [4.69, 9.17) is 0 Å². The molecule has 0 spiro atoms. The van der Waals surface area contributed by atoms with E-state index in [-0.39, 0.29) is 0 Å². The third-order valence-electron chi connectivity index (χ3n) is 11.7. The van der Waals surface area contributed by atoms with Crippen LogP contribution in [0, 0.1) is 13.8 Å². The van der Waals surface area contributed by atoms with Gasteiger partial charge in [-0.1, -0.05) is 176 Å². The van der Waals surface area contributed by atoms with Gasteiger partial charge in [0, 0.05) is 25.7 Å². The van der Waals surface area contributed by atoms with Crippen LogP contribution in [0.5, 0.6) is 0 Å². The molecule has 0 radical (unpaired) electrons. The highest BCUT2D eigenvalue weighted by Crippen LogP contribution is 2.50. The molecule has 0 fully saturated rings. The molecule has 0 saturated carbocycles. The number of fused-ring (bicyclic) bond motifs is 7. The number of hydrogen-bond acceptors (Lipinski definition) is 1. The summed E-state index contributed by atoms with van der Waals surface area (Å²) in [5.41, 5.74) is 13.0. The highest BCUT2D eigenvalue weighted by Gasteiger charge is 2.22. The molecule has 0 N–H and O–H groups in total. The maximum atomic E-state index is 2.44. The molecule has 11 aromatic rings. The van der Waals surface area contributed by atoms with Crippen molar-refractivity contribution in [2.24, 2.45) is 0 Å². The zero-order valence-corrected chi connectivity index (χ0v) is 31.5. The quantitative estimate of drug-likeness (QED) is 0.159. The van der Waals surface area contributed by atoms with E-state index in [1.54, 1.807) is 0 Å². The predicted octanol–water partition coefficient (Wildman–Crippen LogP) is 16.0. The molecule has 0 bridgehead atoms. The van der Waals surface area contributed by atoms with Crippen molar-refractivity contribution in [1.82, 2.24) is 0 Å². The van der Waals surface area contributed by atoms with Crippen LogP contribution in [-0.2, 0) is 0 Å². The summed E-state index contributed by atoms with van der Waals surface area (Å²) in [6, 6.07) is 67.5. The molecular formula is C54H36S. The van der Waals surface area contributed by atoms with Gasteiger partial charge in [-0.3, -0.25) is 0 Å². The van der Waals surface area contributed by atoms with Crippen molar-refractivity contribution in [3.63, 3.8) is 0 Å². The van der Waals surface area contributed by atoms with E-state index in [1.807, 2.05) is 11.3 Å². The average Bonchev–Trinajstić information content (AvgIpc) is 3.61. The highest BCUT2D eigenvalue weighted by molar-refractivity contribution is 7.26. The summed E-state index contributed by atoms with van der Waals surface area (Å²) in [6.45, 7) is 4.49. The van der Waals surface area contributed by atoms with Crippen LogP contribution in [0.4, 0.5) is 0 Å². The minimum absolute atomic E-state index is 1.25. The Kier molecular flexibility index (Phi) is 7.27. The molecule has 1 heterocycles. The van der Waals surface area contributed by atoms with Gasteiger partial charge in [0.15, 0.2) is 0 Å².